The Morgan fingerprint density at radius 1 is 1.03 bits per heavy atom. The van der Waals surface area contributed by atoms with Gasteiger partial charge in [-0.25, -0.2) is 4.79 Å². The van der Waals surface area contributed by atoms with Gasteiger partial charge in [-0.05, 0) is 92.3 Å². The maximum Gasteiger partial charge on any atom is 0.337 e. The number of hydrogen-bond acceptors (Lipinski definition) is 5. The minimum atomic E-state index is -0.365. The summed E-state index contributed by atoms with van der Waals surface area (Å²) in [5.41, 5.74) is 6.37. The van der Waals surface area contributed by atoms with E-state index in [-0.39, 0.29) is 18.1 Å². The lowest BCUT2D eigenvalue weighted by Crippen LogP contribution is -2.29. The molecule has 5 rings (SSSR count). The van der Waals surface area contributed by atoms with E-state index in [4.69, 9.17) is 33.3 Å². The summed E-state index contributed by atoms with van der Waals surface area (Å²) in [5.74, 6) is 0.232. The number of aromatic nitrogens is 2. The molecule has 0 aliphatic carbocycles. The van der Waals surface area contributed by atoms with E-state index in [1.54, 1.807) is 25.4 Å². The lowest BCUT2D eigenvalue weighted by Gasteiger charge is -2.28. The molecule has 2 aromatic heterocycles. The summed E-state index contributed by atoms with van der Waals surface area (Å²) in [6.45, 7) is 4.16. The number of nitrogens with zero attached hydrogens (tertiary/aromatic N) is 3. The molecule has 2 atom stereocenters. The number of thiocarbonyl (C=S) groups is 1. The summed E-state index contributed by atoms with van der Waals surface area (Å²) in [6.07, 6.45) is 1.79. The summed E-state index contributed by atoms with van der Waals surface area (Å²) in [6, 6.07) is 20.7. The number of esters is 1. The number of halogens is 1. The molecule has 1 fully saturated rings. The molecule has 0 bridgehead atoms. The number of anilines is 1. The van der Waals surface area contributed by atoms with E-state index in [2.05, 4.69) is 39.7 Å². The van der Waals surface area contributed by atoms with E-state index in [1.165, 1.54) is 7.11 Å². The van der Waals surface area contributed by atoms with Crippen molar-refractivity contribution in [3.05, 3.63) is 106 Å². The summed E-state index contributed by atoms with van der Waals surface area (Å²) in [4.78, 5) is 18.7. The van der Waals surface area contributed by atoms with Gasteiger partial charge < -0.3 is 24.3 Å². The van der Waals surface area contributed by atoms with Crippen LogP contribution in [-0.2, 0) is 4.74 Å². The molecule has 0 unspecified atom stereocenters. The number of benzene rings is 2. The number of methoxy groups -OCH3 is 2. The van der Waals surface area contributed by atoms with E-state index < -0.39 is 0 Å². The average Bonchev–Trinajstić information content (AvgIpc) is 3.43. The molecule has 0 saturated carbocycles. The lowest BCUT2D eigenvalue weighted by molar-refractivity contribution is 0.0600. The first-order valence-electron chi connectivity index (χ1n) is 12.1. The maximum absolute atomic E-state index is 11.9. The number of ether oxygens (including phenoxy) is 2. The highest BCUT2D eigenvalue weighted by atomic mass is 35.5. The van der Waals surface area contributed by atoms with Crippen molar-refractivity contribution >= 4 is 40.6 Å². The van der Waals surface area contributed by atoms with Crippen molar-refractivity contribution in [3.8, 4) is 11.4 Å². The van der Waals surface area contributed by atoms with Crippen molar-refractivity contribution in [1.82, 2.24) is 14.9 Å². The van der Waals surface area contributed by atoms with Crippen LogP contribution in [-0.4, -0.2) is 34.9 Å². The Hall–Kier alpha value is -3.88. The Morgan fingerprint density at radius 2 is 1.76 bits per heavy atom. The fraction of sp³-hybridized carbons (Fsp3) is 0.207. The van der Waals surface area contributed by atoms with Gasteiger partial charge in [0.2, 0.25) is 0 Å². The SMILES string of the molecule is COC(=O)c1ccc(-n2c(C)cc([C@H]3[C@@H](c4ccccn4)NC(=S)N3c3ccc(OC)c(Cl)c3)c2C)cc1. The van der Waals surface area contributed by atoms with Gasteiger partial charge in [-0.3, -0.25) is 4.98 Å². The van der Waals surface area contributed by atoms with Gasteiger partial charge in [0.05, 0.1) is 42.6 Å². The van der Waals surface area contributed by atoms with Gasteiger partial charge in [0.1, 0.15) is 5.75 Å². The van der Waals surface area contributed by atoms with Crippen LogP contribution < -0.4 is 15.0 Å². The normalized spacial score (nSPS) is 16.9. The van der Waals surface area contributed by atoms with Crippen LogP contribution in [0.4, 0.5) is 5.69 Å². The highest BCUT2D eigenvalue weighted by Gasteiger charge is 2.42. The number of rotatable bonds is 6. The van der Waals surface area contributed by atoms with Crippen LogP contribution in [0.3, 0.4) is 0 Å². The van der Waals surface area contributed by atoms with Gasteiger partial charge in [0.15, 0.2) is 5.11 Å². The molecule has 7 nitrogen and oxygen atoms in total. The average molecular weight is 547 g/mol. The molecule has 1 saturated heterocycles. The Bertz CT molecular complexity index is 1500. The molecule has 1 N–H and O–H groups in total. The Balaban J connectivity index is 1.63. The van der Waals surface area contributed by atoms with Crippen LogP contribution in [0, 0.1) is 13.8 Å². The topological polar surface area (TPSA) is 68.6 Å². The lowest BCUT2D eigenvalue weighted by atomic mass is 9.96. The van der Waals surface area contributed by atoms with Crippen molar-refractivity contribution in [1.29, 1.82) is 0 Å². The van der Waals surface area contributed by atoms with Crippen LogP contribution in [0.1, 0.15) is 45.1 Å². The van der Waals surface area contributed by atoms with Crippen LogP contribution in [0.25, 0.3) is 5.69 Å². The van der Waals surface area contributed by atoms with E-state index in [9.17, 15) is 4.79 Å². The number of hydrogen-bond donors (Lipinski definition) is 1. The molecular weight excluding hydrogens is 520 g/mol. The minimum absolute atomic E-state index is 0.194. The van der Waals surface area contributed by atoms with Gasteiger partial charge in [0, 0.05) is 29.0 Å². The van der Waals surface area contributed by atoms with Crippen molar-refractivity contribution in [2.45, 2.75) is 25.9 Å². The predicted molar refractivity (Wildman–Crippen MR) is 153 cm³/mol. The second-order valence-electron chi connectivity index (χ2n) is 9.02. The zero-order valence-electron chi connectivity index (χ0n) is 21.4. The molecule has 9 heteroatoms. The first kappa shape index (κ1) is 25.8. The fourth-order valence-corrected chi connectivity index (χ4v) is 5.70. The molecule has 1 aliphatic heterocycles. The molecule has 2 aromatic carbocycles. The molecule has 3 heterocycles. The van der Waals surface area contributed by atoms with E-state index >= 15 is 0 Å². The monoisotopic (exact) mass is 546 g/mol. The minimum Gasteiger partial charge on any atom is -0.495 e. The smallest absolute Gasteiger partial charge is 0.337 e. The van der Waals surface area contributed by atoms with Crippen LogP contribution in [0.2, 0.25) is 5.02 Å². The molecule has 0 radical (unpaired) electrons. The van der Waals surface area contributed by atoms with Gasteiger partial charge in [0.25, 0.3) is 0 Å². The molecule has 0 amide bonds. The van der Waals surface area contributed by atoms with Crippen LogP contribution in [0.15, 0.2) is 72.9 Å². The van der Waals surface area contributed by atoms with Gasteiger partial charge in [-0.15, -0.1) is 0 Å². The molecule has 1 aliphatic rings. The Morgan fingerprint density at radius 3 is 2.39 bits per heavy atom. The highest BCUT2D eigenvalue weighted by Crippen LogP contribution is 2.44. The first-order valence-corrected chi connectivity index (χ1v) is 12.8. The number of pyridine rings is 1. The third kappa shape index (κ3) is 4.50. The Labute approximate surface area is 232 Å². The second kappa shape index (κ2) is 10.5. The Kier molecular flexibility index (Phi) is 7.10. The fourth-order valence-electron chi connectivity index (χ4n) is 5.10. The molecule has 4 aromatic rings. The van der Waals surface area contributed by atoms with E-state index in [1.807, 2.05) is 48.5 Å². The van der Waals surface area contributed by atoms with Crippen LogP contribution in [0.5, 0.6) is 5.75 Å². The largest absolute Gasteiger partial charge is 0.495 e. The maximum atomic E-state index is 11.9. The predicted octanol–water partition coefficient (Wildman–Crippen LogP) is 6.11. The van der Waals surface area contributed by atoms with Crippen molar-refractivity contribution in [2.75, 3.05) is 19.1 Å². The zero-order valence-corrected chi connectivity index (χ0v) is 23.0. The van der Waals surface area contributed by atoms with Crippen molar-refractivity contribution in [2.24, 2.45) is 0 Å². The van der Waals surface area contributed by atoms with Crippen molar-refractivity contribution in [3.63, 3.8) is 0 Å². The summed E-state index contributed by atoms with van der Waals surface area (Å²) in [7, 11) is 2.97. The molecular formula is C29H27ClN4O3S. The number of nitrogens with one attached hydrogen (secondary N) is 1. The molecule has 194 valence electrons. The van der Waals surface area contributed by atoms with Crippen molar-refractivity contribution < 1.29 is 14.3 Å². The van der Waals surface area contributed by atoms with Gasteiger partial charge in [-0.1, -0.05) is 17.7 Å². The standard InChI is InChI=1S/C29H27ClN4O3S/c1-17-15-22(18(2)33(17)20-10-8-19(9-11-20)28(35)37-4)27-26(24-7-5-6-14-31-24)32-29(38)34(27)21-12-13-25(36-3)23(30)16-21/h5-16,26-27H,1-4H3,(H,32,38)/t26-,27+/m1/s1. The van der Waals surface area contributed by atoms with Crippen LogP contribution >= 0.6 is 23.8 Å². The first-order chi connectivity index (χ1) is 18.3. The summed E-state index contributed by atoms with van der Waals surface area (Å²) < 4.78 is 12.4. The summed E-state index contributed by atoms with van der Waals surface area (Å²) in [5, 5.41) is 4.58. The highest BCUT2D eigenvalue weighted by molar-refractivity contribution is 7.80. The molecule has 38 heavy (non-hydrogen) atoms. The third-order valence-corrected chi connectivity index (χ3v) is 7.46. The van der Waals surface area contributed by atoms with E-state index in [0.29, 0.717) is 21.4 Å². The summed E-state index contributed by atoms with van der Waals surface area (Å²) >= 11 is 12.4. The quantitative estimate of drug-likeness (QED) is 0.231. The van der Waals surface area contributed by atoms with Gasteiger partial charge >= 0.3 is 5.97 Å². The van der Waals surface area contributed by atoms with Gasteiger partial charge in [-0.2, -0.15) is 0 Å². The third-order valence-electron chi connectivity index (χ3n) is 6.85. The van der Waals surface area contributed by atoms with E-state index in [0.717, 1.165) is 34.0 Å². The molecule has 0 spiro atoms. The number of aryl methyl sites for hydroxylation is 1. The number of carbonyl (C=O) groups is 1. The zero-order chi connectivity index (χ0) is 27.0. The second-order valence-corrected chi connectivity index (χ2v) is 9.81. The number of carbonyl (C=O) groups excluding carboxylic acids is 1.